The van der Waals surface area contributed by atoms with Crippen molar-refractivity contribution in [3.05, 3.63) is 90.1 Å². The number of nitrogens with zero attached hydrogens (tertiary/aromatic N) is 1. The molecule has 156 valence electrons. The summed E-state index contributed by atoms with van der Waals surface area (Å²) in [7, 11) is 0. The van der Waals surface area contributed by atoms with Crippen LogP contribution in [-0.4, -0.2) is 4.98 Å². The molecule has 3 aromatic heterocycles. The maximum Gasteiger partial charge on any atom is 0.146 e. The van der Waals surface area contributed by atoms with Crippen molar-refractivity contribution < 1.29 is 8.83 Å². The predicted molar refractivity (Wildman–Crippen MR) is 131 cm³/mol. The highest BCUT2D eigenvalue weighted by atomic mass is 16.3. The number of furan rings is 2. The second-order valence-corrected chi connectivity index (χ2v) is 8.65. The van der Waals surface area contributed by atoms with Gasteiger partial charge in [0.2, 0.25) is 0 Å². The van der Waals surface area contributed by atoms with Gasteiger partial charge in [0.1, 0.15) is 22.5 Å². The van der Waals surface area contributed by atoms with Crippen LogP contribution in [0.25, 0.3) is 55.5 Å². The highest BCUT2D eigenvalue weighted by Crippen LogP contribution is 2.42. The zero-order valence-electron chi connectivity index (χ0n) is 18.3. The van der Waals surface area contributed by atoms with Crippen LogP contribution in [0.1, 0.15) is 30.9 Å². The maximum absolute atomic E-state index is 6.58. The van der Waals surface area contributed by atoms with Gasteiger partial charge in [0.15, 0.2) is 0 Å². The third-order valence-electron chi connectivity index (χ3n) is 6.32. The van der Waals surface area contributed by atoms with Gasteiger partial charge in [0, 0.05) is 33.7 Å². The van der Waals surface area contributed by atoms with E-state index in [0.29, 0.717) is 5.92 Å². The van der Waals surface area contributed by atoms with E-state index in [1.54, 1.807) is 0 Å². The first-order chi connectivity index (χ1) is 15.6. The Morgan fingerprint density at radius 3 is 2.41 bits per heavy atom. The maximum atomic E-state index is 6.58. The number of para-hydroxylation sites is 1. The summed E-state index contributed by atoms with van der Waals surface area (Å²) < 4.78 is 12.9. The Labute approximate surface area is 186 Å². The number of rotatable bonds is 3. The largest absolute Gasteiger partial charge is 0.456 e. The third kappa shape index (κ3) is 2.78. The number of fused-ring (bicyclic) bond motifs is 5. The first-order valence-corrected chi connectivity index (χ1v) is 11.0. The van der Waals surface area contributed by atoms with Crippen molar-refractivity contribution in [1.29, 1.82) is 0 Å². The van der Waals surface area contributed by atoms with E-state index >= 15 is 0 Å². The quantitative estimate of drug-likeness (QED) is 0.290. The summed E-state index contributed by atoms with van der Waals surface area (Å²) in [5.74, 6) is 1.33. The molecule has 0 aliphatic heterocycles. The molecule has 0 aliphatic rings. The lowest BCUT2D eigenvalue weighted by Gasteiger charge is -2.07. The normalized spacial score (nSPS) is 11.9. The molecule has 3 heteroatoms. The molecular formula is C29H23NO2. The first-order valence-electron chi connectivity index (χ1n) is 11.0. The monoisotopic (exact) mass is 417 g/mol. The molecule has 0 amide bonds. The summed E-state index contributed by atoms with van der Waals surface area (Å²) in [5, 5.41) is 3.23. The van der Waals surface area contributed by atoms with Crippen LogP contribution in [0.2, 0.25) is 0 Å². The van der Waals surface area contributed by atoms with Crippen molar-refractivity contribution in [3.8, 4) is 22.6 Å². The van der Waals surface area contributed by atoms with Gasteiger partial charge in [-0.15, -0.1) is 0 Å². The van der Waals surface area contributed by atoms with Crippen LogP contribution in [-0.2, 0) is 0 Å². The number of pyridine rings is 1. The van der Waals surface area contributed by atoms with Gasteiger partial charge in [0.05, 0.1) is 11.1 Å². The Hall–Kier alpha value is -3.85. The molecule has 3 nitrogen and oxygen atoms in total. The van der Waals surface area contributed by atoms with Crippen molar-refractivity contribution in [3.63, 3.8) is 0 Å². The van der Waals surface area contributed by atoms with Gasteiger partial charge in [-0.05, 0) is 48.7 Å². The molecule has 0 unspecified atom stereocenters. The van der Waals surface area contributed by atoms with Crippen LogP contribution < -0.4 is 0 Å². The third-order valence-corrected chi connectivity index (χ3v) is 6.32. The van der Waals surface area contributed by atoms with E-state index in [4.69, 9.17) is 8.83 Å². The number of aryl methyl sites for hydroxylation is 1. The molecule has 6 rings (SSSR count). The van der Waals surface area contributed by atoms with Crippen LogP contribution in [0.3, 0.4) is 0 Å². The molecule has 0 saturated heterocycles. The summed E-state index contributed by atoms with van der Waals surface area (Å²) in [6.45, 7) is 6.50. The van der Waals surface area contributed by atoms with Crippen molar-refractivity contribution in [2.45, 2.75) is 26.7 Å². The van der Waals surface area contributed by atoms with Crippen LogP contribution >= 0.6 is 0 Å². The Kier molecular flexibility index (Phi) is 4.19. The molecule has 32 heavy (non-hydrogen) atoms. The molecule has 0 fully saturated rings. The summed E-state index contributed by atoms with van der Waals surface area (Å²) in [5.41, 5.74) is 7.96. The Bertz CT molecular complexity index is 1600. The standard InChI is InChI=1S/C29H23NO2/c1-17(2)20-14-15-30-24(16-20)23-11-7-10-21-22-12-13-25-26(29(22)32-28(21)23)18(3)27(31-25)19-8-5-4-6-9-19/h4-17H,1-3H3. The van der Waals surface area contributed by atoms with Gasteiger partial charge in [-0.25, -0.2) is 0 Å². The fourth-order valence-corrected chi connectivity index (χ4v) is 4.60. The highest BCUT2D eigenvalue weighted by molar-refractivity contribution is 6.17. The number of benzene rings is 3. The van der Waals surface area contributed by atoms with E-state index in [-0.39, 0.29) is 0 Å². The van der Waals surface area contributed by atoms with Gasteiger partial charge >= 0.3 is 0 Å². The lowest BCUT2D eigenvalue weighted by Crippen LogP contribution is -1.90. The van der Waals surface area contributed by atoms with E-state index < -0.39 is 0 Å². The zero-order chi connectivity index (χ0) is 21.8. The fourth-order valence-electron chi connectivity index (χ4n) is 4.60. The van der Waals surface area contributed by atoms with Gasteiger partial charge in [-0.2, -0.15) is 0 Å². The van der Waals surface area contributed by atoms with Crippen molar-refractivity contribution in [2.75, 3.05) is 0 Å². The minimum atomic E-state index is 0.441. The number of hydrogen-bond acceptors (Lipinski definition) is 3. The van der Waals surface area contributed by atoms with Crippen LogP contribution in [0.4, 0.5) is 0 Å². The van der Waals surface area contributed by atoms with E-state index in [0.717, 1.165) is 61.1 Å². The fraction of sp³-hybridized carbons (Fsp3) is 0.138. The van der Waals surface area contributed by atoms with Crippen molar-refractivity contribution in [1.82, 2.24) is 4.98 Å². The molecule has 6 aromatic rings. The van der Waals surface area contributed by atoms with Gasteiger partial charge in [0.25, 0.3) is 0 Å². The second kappa shape index (κ2) is 7.10. The molecule has 3 heterocycles. The number of hydrogen-bond donors (Lipinski definition) is 0. The minimum absolute atomic E-state index is 0.441. The van der Waals surface area contributed by atoms with Crippen LogP contribution in [0, 0.1) is 6.92 Å². The summed E-state index contributed by atoms with van der Waals surface area (Å²) in [4.78, 5) is 4.66. The molecular weight excluding hydrogens is 394 g/mol. The Morgan fingerprint density at radius 1 is 0.781 bits per heavy atom. The highest BCUT2D eigenvalue weighted by Gasteiger charge is 2.20. The topological polar surface area (TPSA) is 39.2 Å². The van der Waals surface area contributed by atoms with Crippen molar-refractivity contribution in [2.24, 2.45) is 0 Å². The average Bonchev–Trinajstić information content (AvgIpc) is 3.37. The summed E-state index contributed by atoms with van der Waals surface area (Å²) in [6.07, 6.45) is 1.89. The Balaban J connectivity index is 1.64. The van der Waals surface area contributed by atoms with Crippen LogP contribution in [0.15, 0.2) is 87.8 Å². The Morgan fingerprint density at radius 2 is 1.59 bits per heavy atom. The van der Waals surface area contributed by atoms with Gasteiger partial charge < -0.3 is 8.83 Å². The summed E-state index contributed by atoms with van der Waals surface area (Å²) >= 11 is 0. The lowest BCUT2D eigenvalue weighted by molar-refractivity contribution is 0.628. The van der Waals surface area contributed by atoms with E-state index in [1.807, 2.05) is 24.4 Å². The van der Waals surface area contributed by atoms with Gasteiger partial charge in [-0.3, -0.25) is 4.98 Å². The minimum Gasteiger partial charge on any atom is -0.456 e. The molecule has 3 aromatic carbocycles. The zero-order valence-corrected chi connectivity index (χ0v) is 18.3. The molecule has 0 N–H and O–H groups in total. The molecule has 0 radical (unpaired) electrons. The molecule has 0 bridgehead atoms. The second-order valence-electron chi connectivity index (χ2n) is 8.65. The average molecular weight is 418 g/mol. The number of aromatic nitrogens is 1. The van der Waals surface area contributed by atoms with Crippen LogP contribution in [0.5, 0.6) is 0 Å². The lowest BCUT2D eigenvalue weighted by atomic mass is 10.00. The molecule has 0 aliphatic carbocycles. The van der Waals surface area contributed by atoms with E-state index in [2.05, 4.69) is 80.4 Å². The van der Waals surface area contributed by atoms with Gasteiger partial charge in [-0.1, -0.05) is 56.3 Å². The summed E-state index contributed by atoms with van der Waals surface area (Å²) in [6, 6.07) is 24.9. The smallest absolute Gasteiger partial charge is 0.146 e. The van der Waals surface area contributed by atoms with E-state index in [9.17, 15) is 0 Å². The molecule has 0 saturated carbocycles. The van der Waals surface area contributed by atoms with E-state index in [1.165, 1.54) is 5.56 Å². The molecule has 0 atom stereocenters. The molecule has 0 spiro atoms. The first kappa shape index (κ1) is 18.9. The predicted octanol–water partition coefficient (Wildman–Crippen LogP) is 8.49. The SMILES string of the molecule is Cc1c(-c2ccccc2)oc2ccc3c4cccc(-c5cc(C(C)C)ccn5)c4oc3c12. The van der Waals surface area contributed by atoms with Crippen molar-refractivity contribution >= 4 is 32.9 Å².